The minimum Gasteiger partial charge on any atom is -0.508 e. The first-order valence-corrected chi connectivity index (χ1v) is 35.4. The van der Waals surface area contributed by atoms with Crippen LogP contribution in [-0.2, 0) is 70.4 Å². The van der Waals surface area contributed by atoms with Gasteiger partial charge in [0.2, 0.25) is 65.0 Å². The number of hydrogen-bond donors (Lipinski definition) is 20. The Morgan fingerprint density at radius 2 is 0.910 bits per heavy atom. The fraction of sp³-hybridized carbons (Fsp3) is 0.662. The van der Waals surface area contributed by atoms with Crippen LogP contribution >= 0.6 is 11.8 Å². The van der Waals surface area contributed by atoms with E-state index in [1.54, 1.807) is 34.6 Å². The lowest BCUT2D eigenvalue weighted by atomic mass is 9.94. The highest BCUT2D eigenvalue weighted by molar-refractivity contribution is 7.98. The SMILES string of the molecule is CC[C@H](C)[C@H](NC(=O)[C@H](CCCN=C(N)N)NC(=O)[C@H](Cc1ccc(O)cc1)NC(=O)[C@@H](NC(=O)[C@@H](NC(=O)[C@@H](N)CCSC)[C@@H](C)CC)[C@@H](C)CC)C(=O)N[C@@H](C)C(=O)N[C@@H](C)C(=O)N[C@@H](CO)C(=O)N[C@@H](Cc1cnc[nH]1)C(=O)N[C@@H](CCCCN)C(=O)N[C@@H](CCCCN)C(=O)O. The van der Waals surface area contributed by atoms with Crippen molar-refractivity contribution in [3.63, 3.8) is 0 Å². The number of thioether (sulfide) groups is 1. The molecule has 0 fully saturated rings. The van der Waals surface area contributed by atoms with Crippen molar-refractivity contribution in [2.24, 2.45) is 51.4 Å². The van der Waals surface area contributed by atoms with Gasteiger partial charge in [0, 0.05) is 31.3 Å². The number of hydrogen-bond acceptors (Lipinski definition) is 20. The number of amides is 11. The number of H-pyrrole nitrogens is 1. The Hall–Kier alpha value is -8.67. The first kappa shape index (κ1) is 87.4. The number of carbonyl (C=O) groups excluding carboxylic acids is 11. The second-order valence-corrected chi connectivity index (χ2v) is 26.0. The molecular weight excluding hydrogens is 1320 g/mol. The Labute approximate surface area is 588 Å². The number of guanidine groups is 1. The van der Waals surface area contributed by atoms with E-state index in [0.717, 1.165) is 0 Å². The summed E-state index contributed by atoms with van der Waals surface area (Å²) < 4.78 is 0. The lowest BCUT2D eigenvalue weighted by molar-refractivity contribution is -0.142. The zero-order valence-electron chi connectivity index (χ0n) is 59.0. The standard InChI is InChI=1S/C65H111N19O15S/c1-10-35(4)50(61(95)75-38(7)53(87)74-39(8)54(88)81-49(33-85)60(94)79-48(31-41-32-71-34-73-41)59(93)76-44(18-13-15-26-66)56(90)78-46(64(98)99)19-14-16-27-67)83-57(91)45(20-17-28-72-65(69)70)77-58(92)47(30-40-21-23-42(86)24-22-40)80-62(96)51(36(5)11-2)84-63(97)52(37(6)12-3)82-55(89)43(68)25-29-100-9/h21-24,32,34-39,43-52,85-86H,10-20,25-31,33,66-68H2,1-9H3,(H,71,73)(H,74,87)(H,75,95)(H,76,93)(H,77,92)(H,78,90)(H,79,94)(H,80,96)(H,81,88)(H,82,89)(H,83,91)(H,84,97)(H,98,99)(H4,69,70,72)/t35-,36-,37-,38-,39-,43-,44-,45-,46-,47-,48-,49-,50-,51-,52-/m0/s1. The van der Waals surface area contributed by atoms with E-state index in [1.165, 1.54) is 62.4 Å². The Balaban J connectivity index is 2.40. The summed E-state index contributed by atoms with van der Waals surface area (Å²) in [5.41, 5.74) is 29.4. The van der Waals surface area contributed by atoms with Crippen molar-refractivity contribution in [3.05, 3.63) is 48.0 Å². The van der Waals surface area contributed by atoms with Crippen molar-refractivity contribution in [2.75, 3.05) is 38.2 Å². The van der Waals surface area contributed by atoms with Crippen LogP contribution in [-0.4, -0.2) is 213 Å². The molecule has 25 N–H and O–H groups in total. The molecule has 0 aliphatic heterocycles. The predicted octanol–water partition coefficient (Wildman–Crippen LogP) is -3.12. The van der Waals surface area contributed by atoms with Crippen LogP contribution in [0.4, 0.5) is 0 Å². The number of aliphatic carboxylic acids is 1. The number of phenols is 1. The maximum absolute atomic E-state index is 14.7. The Morgan fingerprint density at radius 3 is 1.39 bits per heavy atom. The number of aromatic hydroxyl groups is 1. The Morgan fingerprint density at radius 1 is 0.510 bits per heavy atom. The number of carbonyl (C=O) groups is 12. The van der Waals surface area contributed by atoms with Gasteiger partial charge in [-0.1, -0.05) is 72.9 Å². The van der Waals surface area contributed by atoms with E-state index in [4.69, 9.17) is 28.7 Å². The summed E-state index contributed by atoms with van der Waals surface area (Å²) in [6, 6.07) is -10.3. The summed E-state index contributed by atoms with van der Waals surface area (Å²) >= 11 is 1.51. The van der Waals surface area contributed by atoms with Gasteiger partial charge in [-0.2, -0.15) is 11.8 Å². The Bertz CT molecular complexity index is 2960. The smallest absolute Gasteiger partial charge is 0.326 e. The predicted molar refractivity (Wildman–Crippen MR) is 376 cm³/mol. The van der Waals surface area contributed by atoms with Crippen LogP contribution in [0.1, 0.15) is 144 Å². The average Bonchev–Trinajstić information content (AvgIpc) is 0.892. The van der Waals surface area contributed by atoms with E-state index in [9.17, 15) is 72.9 Å². The second-order valence-electron chi connectivity index (χ2n) is 25.0. The summed E-state index contributed by atoms with van der Waals surface area (Å²) in [6.07, 6.45) is 7.47. The van der Waals surface area contributed by atoms with Crippen LogP contribution in [0, 0.1) is 17.8 Å². The van der Waals surface area contributed by atoms with Gasteiger partial charge in [-0.15, -0.1) is 0 Å². The van der Waals surface area contributed by atoms with Crippen molar-refractivity contribution in [1.82, 2.24) is 68.5 Å². The van der Waals surface area contributed by atoms with Gasteiger partial charge in [-0.05, 0) is 132 Å². The molecule has 0 saturated carbocycles. The van der Waals surface area contributed by atoms with E-state index in [2.05, 4.69) is 73.4 Å². The molecule has 1 aromatic heterocycles. The highest BCUT2D eigenvalue weighted by atomic mass is 32.2. The number of benzene rings is 1. The summed E-state index contributed by atoms with van der Waals surface area (Å²) in [6.45, 7) is 12.6. The van der Waals surface area contributed by atoms with E-state index in [1.807, 2.05) is 13.2 Å². The number of carboxylic acid groups (broad SMARTS) is 1. The van der Waals surface area contributed by atoms with E-state index in [-0.39, 0.29) is 69.2 Å². The van der Waals surface area contributed by atoms with Crippen LogP contribution in [0.5, 0.6) is 5.75 Å². The normalized spacial score (nSPS) is 15.7. The number of nitrogens with one attached hydrogen (secondary N) is 12. The van der Waals surface area contributed by atoms with Gasteiger partial charge in [-0.25, -0.2) is 9.78 Å². The summed E-state index contributed by atoms with van der Waals surface area (Å²) in [5.74, 6) is -11.8. The highest BCUT2D eigenvalue weighted by Crippen LogP contribution is 2.18. The zero-order chi connectivity index (χ0) is 75.2. The number of nitrogens with zero attached hydrogens (tertiary/aromatic N) is 2. The molecule has 0 radical (unpaired) electrons. The average molecular weight is 1430 g/mol. The molecular formula is C65H111N19O15S. The lowest BCUT2D eigenvalue weighted by Gasteiger charge is -2.31. The van der Waals surface area contributed by atoms with Gasteiger partial charge in [0.15, 0.2) is 5.96 Å². The molecule has 15 atom stereocenters. The van der Waals surface area contributed by atoms with Gasteiger partial charge in [-0.3, -0.25) is 57.7 Å². The van der Waals surface area contributed by atoms with Crippen LogP contribution < -0.4 is 87.2 Å². The van der Waals surface area contributed by atoms with Crippen molar-refractivity contribution in [3.8, 4) is 5.75 Å². The molecule has 0 spiro atoms. The van der Waals surface area contributed by atoms with E-state index >= 15 is 0 Å². The van der Waals surface area contributed by atoms with Gasteiger partial charge in [0.25, 0.3) is 0 Å². The van der Waals surface area contributed by atoms with E-state index in [0.29, 0.717) is 74.9 Å². The molecule has 34 nitrogen and oxygen atoms in total. The third-order valence-electron chi connectivity index (χ3n) is 17.0. The lowest BCUT2D eigenvalue weighted by Crippen LogP contribution is -2.62. The molecule has 100 heavy (non-hydrogen) atoms. The number of rotatable bonds is 49. The summed E-state index contributed by atoms with van der Waals surface area (Å²) in [4.78, 5) is 177. The third-order valence-corrected chi connectivity index (χ3v) is 17.7. The largest absolute Gasteiger partial charge is 0.508 e. The number of aliphatic hydroxyl groups is 1. The molecule has 0 saturated heterocycles. The van der Waals surface area contributed by atoms with Gasteiger partial charge in [0.1, 0.15) is 72.2 Å². The molecule has 2 aromatic rings. The minimum absolute atomic E-state index is 0.00243. The number of unbranched alkanes of at least 4 members (excludes halogenated alkanes) is 2. The zero-order valence-corrected chi connectivity index (χ0v) is 59.8. The van der Waals surface area contributed by atoms with E-state index < -0.39 is 162 Å². The number of carboxylic acids is 1. The molecule has 35 heteroatoms. The molecule has 0 aliphatic carbocycles. The number of phenolic OH excluding ortho intramolecular Hbond substituents is 1. The van der Waals surface area contributed by atoms with Crippen molar-refractivity contribution >= 4 is 88.7 Å². The maximum atomic E-state index is 14.7. The van der Waals surface area contributed by atoms with Crippen molar-refractivity contribution in [1.29, 1.82) is 0 Å². The molecule has 0 unspecified atom stereocenters. The van der Waals surface area contributed by atoms with Crippen molar-refractivity contribution < 1.29 is 72.9 Å². The highest BCUT2D eigenvalue weighted by Gasteiger charge is 2.38. The molecule has 1 aromatic carbocycles. The summed E-state index contributed by atoms with van der Waals surface area (Å²) in [5, 5.41) is 58.9. The van der Waals surface area contributed by atoms with Crippen LogP contribution in [0.3, 0.4) is 0 Å². The number of imidazole rings is 1. The number of nitrogens with two attached hydrogens (primary N) is 5. The molecule has 1 heterocycles. The third kappa shape index (κ3) is 31.3. The monoisotopic (exact) mass is 1430 g/mol. The number of aromatic nitrogens is 2. The number of aromatic amines is 1. The second kappa shape index (κ2) is 46.6. The van der Waals surface area contributed by atoms with Crippen LogP contribution in [0.25, 0.3) is 0 Å². The molecule has 2 rings (SSSR count). The first-order chi connectivity index (χ1) is 47.4. The minimum atomic E-state index is -1.73. The maximum Gasteiger partial charge on any atom is 0.326 e. The summed E-state index contributed by atoms with van der Waals surface area (Å²) in [7, 11) is 0. The van der Waals surface area contributed by atoms with Gasteiger partial charge < -0.3 is 107 Å². The molecule has 0 bridgehead atoms. The first-order valence-electron chi connectivity index (χ1n) is 34.0. The molecule has 562 valence electrons. The topological polar surface area (TPSA) is 569 Å². The molecule has 11 amide bonds. The fourth-order valence-corrected chi connectivity index (χ4v) is 10.5. The Kier molecular flexibility index (Phi) is 40.8. The quantitative estimate of drug-likeness (QED) is 0.0177. The van der Waals surface area contributed by atoms with Crippen LogP contribution in [0.15, 0.2) is 41.8 Å². The van der Waals surface area contributed by atoms with Crippen molar-refractivity contribution in [2.45, 2.75) is 218 Å². The van der Waals surface area contributed by atoms with Gasteiger partial charge >= 0.3 is 5.97 Å². The molecule has 0 aliphatic rings. The fourth-order valence-electron chi connectivity index (χ4n) is 10.0. The van der Waals surface area contributed by atoms with Gasteiger partial charge in [0.05, 0.1) is 19.0 Å². The number of aliphatic imine (C=N–C) groups is 1. The van der Waals surface area contributed by atoms with Crippen LogP contribution in [0.2, 0.25) is 0 Å². The number of aliphatic hydroxyl groups excluding tert-OH is 1.